The smallest absolute Gasteiger partial charge is 0.253 e. The fraction of sp³-hybridized carbons (Fsp3) is 0.467. The van der Waals surface area contributed by atoms with Crippen molar-refractivity contribution in [1.82, 2.24) is 10.6 Å². The zero-order chi connectivity index (χ0) is 15.5. The van der Waals surface area contributed by atoms with Gasteiger partial charge in [-0.2, -0.15) is 0 Å². The molecule has 0 aliphatic carbocycles. The fourth-order valence-corrected chi connectivity index (χ4v) is 1.69. The molecule has 3 N–H and O–H groups in total. The second-order valence-corrected chi connectivity index (χ2v) is 4.52. The highest BCUT2D eigenvalue weighted by atomic mass is 16.5. The summed E-state index contributed by atoms with van der Waals surface area (Å²) in [5.41, 5.74) is 0.987. The third-order valence-electron chi connectivity index (χ3n) is 2.75. The molecule has 2 amide bonds. The van der Waals surface area contributed by atoms with Gasteiger partial charge in [-0.25, -0.2) is 0 Å². The number of anilines is 1. The van der Waals surface area contributed by atoms with Gasteiger partial charge < -0.3 is 20.7 Å². The largest absolute Gasteiger partial charge is 0.383 e. The van der Waals surface area contributed by atoms with Crippen molar-refractivity contribution in [2.24, 2.45) is 0 Å². The third-order valence-corrected chi connectivity index (χ3v) is 2.75. The van der Waals surface area contributed by atoms with Gasteiger partial charge in [-0.15, -0.1) is 0 Å². The van der Waals surface area contributed by atoms with Gasteiger partial charge in [0, 0.05) is 20.2 Å². The van der Waals surface area contributed by atoms with Gasteiger partial charge >= 0.3 is 0 Å². The molecule has 1 aromatic carbocycles. The quantitative estimate of drug-likeness (QED) is 0.594. The number of benzene rings is 1. The number of hydrogen-bond acceptors (Lipinski definition) is 4. The maximum Gasteiger partial charge on any atom is 0.253 e. The molecule has 0 aliphatic rings. The second kappa shape index (κ2) is 9.90. The summed E-state index contributed by atoms with van der Waals surface area (Å²) in [6.07, 6.45) is 0.865. The minimum absolute atomic E-state index is 0.175. The van der Waals surface area contributed by atoms with Gasteiger partial charge in [-0.05, 0) is 18.6 Å². The van der Waals surface area contributed by atoms with Gasteiger partial charge in [0.05, 0.1) is 24.4 Å². The highest BCUT2D eigenvalue weighted by Gasteiger charge is 2.12. The second-order valence-electron chi connectivity index (χ2n) is 4.52. The molecule has 0 saturated heterocycles. The van der Waals surface area contributed by atoms with Crippen molar-refractivity contribution in [3.8, 4) is 0 Å². The van der Waals surface area contributed by atoms with Crippen LogP contribution in [0.25, 0.3) is 0 Å². The van der Waals surface area contributed by atoms with Crippen LogP contribution in [0.1, 0.15) is 23.7 Å². The van der Waals surface area contributed by atoms with Gasteiger partial charge in [-0.3, -0.25) is 9.59 Å². The first kappa shape index (κ1) is 17.1. The number of para-hydroxylation sites is 1. The van der Waals surface area contributed by atoms with E-state index in [4.69, 9.17) is 4.74 Å². The van der Waals surface area contributed by atoms with Crippen molar-refractivity contribution in [1.29, 1.82) is 0 Å². The number of ether oxygens (including phenoxy) is 1. The Labute approximate surface area is 125 Å². The van der Waals surface area contributed by atoms with E-state index in [1.165, 1.54) is 0 Å². The van der Waals surface area contributed by atoms with E-state index in [1.807, 2.05) is 6.92 Å². The molecule has 0 radical (unpaired) electrons. The van der Waals surface area contributed by atoms with E-state index in [0.717, 1.165) is 6.42 Å². The van der Waals surface area contributed by atoms with Crippen LogP contribution in [0.2, 0.25) is 0 Å². The molecule has 0 spiro atoms. The Hall–Kier alpha value is -1.92. The van der Waals surface area contributed by atoms with Gasteiger partial charge in [0.1, 0.15) is 0 Å². The molecule has 0 aromatic heterocycles. The molecule has 0 fully saturated rings. The lowest BCUT2D eigenvalue weighted by Crippen LogP contribution is -2.31. The summed E-state index contributed by atoms with van der Waals surface area (Å²) in [4.78, 5) is 23.8. The average molecular weight is 293 g/mol. The highest BCUT2D eigenvalue weighted by molar-refractivity contribution is 6.04. The highest BCUT2D eigenvalue weighted by Crippen LogP contribution is 2.14. The van der Waals surface area contributed by atoms with Crippen LogP contribution >= 0.6 is 0 Å². The molecule has 6 nitrogen and oxygen atoms in total. The molecule has 6 heteroatoms. The SMILES string of the molecule is CCCNC(=O)c1ccccc1NC(=O)CNCCOC. The van der Waals surface area contributed by atoms with Crippen LogP contribution in [0, 0.1) is 0 Å². The van der Waals surface area contributed by atoms with E-state index in [2.05, 4.69) is 16.0 Å². The summed E-state index contributed by atoms with van der Waals surface area (Å²) in [7, 11) is 1.60. The standard InChI is InChI=1S/C15H23N3O3/c1-3-8-17-15(20)12-6-4-5-7-13(12)18-14(19)11-16-9-10-21-2/h4-7,16H,3,8-11H2,1-2H3,(H,17,20)(H,18,19). The van der Waals surface area contributed by atoms with Crippen LogP contribution in [0.4, 0.5) is 5.69 Å². The van der Waals surface area contributed by atoms with Gasteiger partial charge in [-0.1, -0.05) is 19.1 Å². The summed E-state index contributed by atoms with van der Waals surface area (Å²) in [5, 5.41) is 8.49. The van der Waals surface area contributed by atoms with E-state index in [-0.39, 0.29) is 18.4 Å². The summed E-state index contributed by atoms with van der Waals surface area (Å²) in [6, 6.07) is 6.96. The minimum Gasteiger partial charge on any atom is -0.383 e. The van der Waals surface area contributed by atoms with Crippen LogP contribution in [0.5, 0.6) is 0 Å². The predicted molar refractivity (Wildman–Crippen MR) is 82.4 cm³/mol. The molecule has 21 heavy (non-hydrogen) atoms. The Morgan fingerprint density at radius 3 is 2.67 bits per heavy atom. The van der Waals surface area contributed by atoms with E-state index < -0.39 is 0 Å². The van der Waals surface area contributed by atoms with E-state index in [9.17, 15) is 9.59 Å². The lowest BCUT2D eigenvalue weighted by atomic mass is 10.1. The van der Waals surface area contributed by atoms with Crippen molar-refractivity contribution < 1.29 is 14.3 Å². The van der Waals surface area contributed by atoms with Crippen molar-refractivity contribution in [2.75, 3.05) is 38.7 Å². The van der Waals surface area contributed by atoms with E-state index in [1.54, 1.807) is 31.4 Å². The summed E-state index contributed by atoms with van der Waals surface area (Å²) < 4.78 is 4.88. The Bertz CT molecular complexity index is 463. The zero-order valence-corrected chi connectivity index (χ0v) is 12.6. The molecular formula is C15H23N3O3. The molecule has 0 heterocycles. The lowest BCUT2D eigenvalue weighted by molar-refractivity contribution is -0.115. The Kier molecular flexibility index (Phi) is 8.08. The molecule has 0 atom stereocenters. The topological polar surface area (TPSA) is 79.5 Å². The van der Waals surface area contributed by atoms with Crippen molar-refractivity contribution in [3.63, 3.8) is 0 Å². The van der Waals surface area contributed by atoms with Gasteiger partial charge in [0.2, 0.25) is 5.91 Å². The first-order chi connectivity index (χ1) is 10.2. The predicted octanol–water partition coefficient (Wildman–Crippen LogP) is 1.00. The number of methoxy groups -OCH3 is 1. The van der Waals surface area contributed by atoms with Crippen molar-refractivity contribution in [3.05, 3.63) is 29.8 Å². The van der Waals surface area contributed by atoms with E-state index >= 15 is 0 Å². The normalized spacial score (nSPS) is 10.2. The maximum absolute atomic E-state index is 12.0. The number of carbonyl (C=O) groups is 2. The number of amides is 2. The monoisotopic (exact) mass is 293 g/mol. The van der Waals surface area contributed by atoms with Gasteiger partial charge in [0.15, 0.2) is 0 Å². The molecule has 1 rings (SSSR count). The first-order valence-electron chi connectivity index (χ1n) is 7.05. The third kappa shape index (κ3) is 6.37. The number of carbonyl (C=O) groups excluding carboxylic acids is 2. The van der Waals surface area contributed by atoms with Crippen LogP contribution in [-0.2, 0) is 9.53 Å². The number of nitrogens with one attached hydrogen (secondary N) is 3. The van der Waals surface area contributed by atoms with Crippen molar-refractivity contribution >= 4 is 17.5 Å². The van der Waals surface area contributed by atoms with Crippen LogP contribution < -0.4 is 16.0 Å². The fourth-order valence-electron chi connectivity index (χ4n) is 1.69. The van der Waals surface area contributed by atoms with Crippen LogP contribution in [0.3, 0.4) is 0 Å². The first-order valence-corrected chi connectivity index (χ1v) is 7.05. The van der Waals surface area contributed by atoms with Crippen LogP contribution in [-0.4, -0.2) is 45.2 Å². The molecule has 1 aromatic rings. The molecule has 116 valence electrons. The number of rotatable bonds is 9. The zero-order valence-electron chi connectivity index (χ0n) is 12.6. The van der Waals surface area contributed by atoms with Crippen LogP contribution in [0.15, 0.2) is 24.3 Å². The maximum atomic E-state index is 12.0. The summed E-state index contributed by atoms with van der Waals surface area (Å²) in [6.45, 7) is 3.92. The molecule has 0 aliphatic heterocycles. The van der Waals surface area contributed by atoms with E-state index in [0.29, 0.717) is 30.9 Å². The Balaban J connectivity index is 2.58. The Morgan fingerprint density at radius 1 is 1.19 bits per heavy atom. The number of hydrogen-bond donors (Lipinski definition) is 3. The Morgan fingerprint density at radius 2 is 1.95 bits per heavy atom. The molecular weight excluding hydrogens is 270 g/mol. The molecule has 0 bridgehead atoms. The van der Waals surface area contributed by atoms with Crippen molar-refractivity contribution in [2.45, 2.75) is 13.3 Å². The summed E-state index contributed by atoms with van der Waals surface area (Å²) in [5.74, 6) is -0.373. The summed E-state index contributed by atoms with van der Waals surface area (Å²) >= 11 is 0. The molecule has 0 unspecified atom stereocenters. The van der Waals surface area contributed by atoms with Gasteiger partial charge in [0.25, 0.3) is 5.91 Å². The average Bonchev–Trinajstić information content (AvgIpc) is 2.50. The molecule has 0 saturated carbocycles. The lowest BCUT2D eigenvalue weighted by Gasteiger charge is -2.11. The minimum atomic E-state index is -0.193.